The van der Waals surface area contributed by atoms with E-state index < -0.39 is 20.0 Å². The molecule has 1 unspecified atom stereocenters. The van der Waals surface area contributed by atoms with E-state index in [4.69, 9.17) is 0 Å². The molecule has 0 aliphatic rings. The second kappa shape index (κ2) is 10.6. The lowest BCUT2D eigenvalue weighted by Crippen LogP contribution is -2.20. The Morgan fingerprint density at radius 3 is 1.91 bits per heavy atom. The van der Waals surface area contributed by atoms with Crippen molar-refractivity contribution in [3.05, 3.63) is 11.1 Å². The number of carbonyl (C=O) groups is 2. The molecule has 0 fully saturated rings. The molecule has 0 aliphatic heterocycles. The molecule has 0 rings (SSSR count). The van der Waals surface area contributed by atoms with Gasteiger partial charge in [-0.05, 0) is 18.8 Å². The Balaban J connectivity index is 5.19. The first kappa shape index (κ1) is 21.9. The van der Waals surface area contributed by atoms with E-state index in [9.17, 15) is 19.8 Å². The van der Waals surface area contributed by atoms with Crippen LogP contribution in [0.25, 0.3) is 0 Å². The van der Waals surface area contributed by atoms with Crippen molar-refractivity contribution in [2.75, 3.05) is 0 Å². The predicted octanol–water partition coefficient (Wildman–Crippen LogP) is 5.18. The SMILES string of the molecule is CCCCC(CC)C/C(C(=O)O)=C(/CCC[Si](C)(C)C)C(=O)O. The van der Waals surface area contributed by atoms with Crippen molar-refractivity contribution in [3.8, 4) is 0 Å². The van der Waals surface area contributed by atoms with Gasteiger partial charge in [0, 0.05) is 19.2 Å². The van der Waals surface area contributed by atoms with E-state index >= 15 is 0 Å². The monoisotopic (exact) mass is 342 g/mol. The Morgan fingerprint density at radius 2 is 1.52 bits per heavy atom. The van der Waals surface area contributed by atoms with Crippen LogP contribution in [0.5, 0.6) is 0 Å². The van der Waals surface area contributed by atoms with Crippen LogP contribution in [0.4, 0.5) is 0 Å². The Labute approximate surface area is 142 Å². The number of hydrogen-bond acceptors (Lipinski definition) is 2. The maximum Gasteiger partial charge on any atom is 0.332 e. The highest BCUT2D eigenvalue weighted by Gasteiger charge is 2.23. The zero-order valence-corrected chi connectivity index (χ0v) is 16.4. The van der Waals surface area contributed by atoms with E-state index in [2.05, 4.69) is 26.6 Å². The van der Waals surface area contributed by atoms with Crippen LogP contribution in [-0.4, -0.2) is 30.2 Å². The number of rotatable bonds is 12. The van der Waals surface area contributed by atoms with Crippen LogP contribution in [0.2, 0.25) is 25.7 Å². The van der Waals surface area contributed by atoms with Crippen LogP contribution >= 0.6 is 0 Å². The van der Waals surface area contributed by atoms with E-state index in [0.717, 1.165) is 38.1 Å². The minimum atomic E-state index is -1.24. The van der Waals surface area contributed by atoms with Gasteiger partial charge in [0.25, 0.3) is 0 Å². The molecule has 0 heterocycles. The molecule has 5 heteroatoms. The third-order valence-electron chi connectivity index (χ3n) is 4.27. The number of unbranched alkanes of at least 4 members (excludes halogenated alkanes) is 1. The van der Waals surface area contributed by atoms with Gasteiger partial charge in [0.15, 0.2) is 0 Å². The second-order valence-electron chi connectivity index (χ2n) is 7.60. The first-order valence-corrected chi connectivity index (χ1v) is 12.5. The summed E-state index contributed by atoms with van der Waals surface area (Å²) >= 11 is 0. The van der Waals surface area contributed by atoms with Crippen LogP contribution in [0.3, 0.4) is 0 Å². The van der Waals surface area contributed by atoms with Crippen molar-refractivity contribution in [2.45, 2.75) is 84.5 Å². The minimum absolute atomic E-state index is 0.116. The summed E-state index contributed by atoms with van der Waals surface area (Å²) in [5.41, 5.74) is 0.238. The largest absolute Gasteiger partial charge is 0.478 e. The molecule has 0 saturated heterocycles. The average molecular weight is 343 g/mol. The van der Waals surface area contributed by atoms with E-state index in [1.165, 1.54) is 0 Å². The molecule has 0 bridgehead atoms. The molecule has 2 N–H and O–H groups in total. The van der Waals surface area contributed by atoms with Gasteiger partial charge >= 0.3 is 11.9 Å². The summed E-state index contributed by atoms with van der Waals surface area (Å²) < 4.78 is 0. The molecule has 1 atom stereocenters. The van der Waals surface area contributed by atoms with Crippen LogP contribution in [-0.2, 0) is 9.59 Å². The normalized spacial score (nSPS) is 14.3. The standard InChI is InChI=1S/C18H34O4Si/c1-6-8-10-14(7-2)13-16(18(21)22)15(17(19)20)11-9-12-23(3,4)5/h14H,6-13H2,1-5H3,(H,19,20)(H,21,22)/b16-15+. The molecule has 0 aromatic rings. The molecular weight excluding hydrogens is 308 g/mol. The van der Waals surface area contributed by atoms with Gasteiger partial charge in [0.05, 0.1) is 0 Å². The maximum absolute atomic E-state index is 11.6. The Bertz CT molecular complexity index is 421. The number of aliphatic carboxylic acids is 2. The van der Waals surface area contributed by atoms with E-state index in [0.29, 0.717) is 12.8 Å². The van der Waals surface area contributed by atoms with Crippen LogP contribution < -0.4 is 0 Å². The third kappa shape index (κ3) is 9.59. The van der Waals surface area contributed by atoms with Crippen molar-refractivity contribution >= 4 is 20.0 Å². The zero-order valence-electron chi connectivity index (χ0n) is 15.4. The quantitative estimate of drug-likeness (QED) is 0.378. The third-order valence-corrected chi connectivity index (χ3v) is 6.12. The topological polar surface area (TPSA) is 74.6 Å². The summed E-state index contributed by atoms with van der Waals surface area (Å²) in [4.78, 5) is 23.2. The highest BCUT2D eigenvalue weighted by molar-refractivity contribution is 6.76. The molecule has 0 aliphatic carbocycles. The predicted molar refractivity (Wildman–Crippen MR) is 97.6 cm³/mol. The molecule has 0 amide bonds. The molecule has 0 aromatic heterocycles. The summed E-state index contributed by atoms with van der Waals surface area (Å²) in [5, 5.41) is 19.0. The molecule has 4 nitrogen and oxygen atoms in total. The van der Waals surface area contributed by atoms with Crippen LogP contribution in [0.1, 0.15) is 58.8 Å². The summed E-state index contributed by atoms with van der Waals surface area (Å²) in [6.45, 7) is 10.9. The summed E-state index contributed by atoms with van der Waals surface area (Å²) in [7, 11) is -1.24. The van der Waals surface area contributed by atoms with Crippen molar-refractivity contribution in [2.24, 2.45) is 5.92 Å². The van der Waals surface area contributed by atoms with E-state index in [1.807, 2.05) is 6.92 Å². The van der Waals surface area contributed by atoms with Crippen molar-refractivity contribution < 1.29 is 19.8 Å². The Kier molecular flexibility index (Phi) is 10.1. The maximum atomic E-state index is 11.6. The molecule has 0 spiro atoms. The summed E-state index contributed by atoms with van der Waals surface area (Å²) in [6, 6.07) is 1.02. The van der Waals surface area contributed by atoms with Gasteiger partial charge in [-0.15, -0.1) is 0 Å². The van der Waals surface area contributed by atoms with Crippen LogP contribution in [0, 0.1) is 5.92 Å². The lowest BCUT2D eigenvalue weighted by atomic mass is 9.89. The first-order valence-electron chi connectivity index (χ1n) is 8.81. The number of hydrogen-bond donors (Lipinski definition) is 2. The smallest absolute Gasteiger partial charge is 0.332 e. The van der Waals surface area contributed by atoms with E-state index in [1.54, 1.807) is 0 Å². The minimum Gasteiger partial charge on any atom is -0.478 e. The molecule has 134 valence electrons. The van der Waals surface area contributed by atoms with Gasteiger partial charge < -0.3 is 10.2 Å². The first-order chi connectivity index (χ1) is 10.6. The lowest BCUT2D eigenvalue weighted by molar-refractivity contribution is -0.136. The van der Waals surface area contributed by atoms with Gasteiger partial charge in [-0.1, -0.05) is 71.6 Å². The van der Waals surface area contributed by atoms with Gasteiger partial charge in [0.1, 0.15) is 0 Å². The number of carboxylic acid groups (broad SMARTS) is 2. The van der Waals surface area contributed by atoms with Gasteiger partial charge in [-0.25, -0.2) is 9.59 Å². The van der Waals surface area contributed by atoms with Gasteiger partial charge in [-0.2, -0.15) is 0 Å². The van der Waals surface area contributed by atoms with Gasteiger partial charge in [0.2, 0.25) is 0 Å². The number of carboxylic acids is 2. The molecular formula is C18H34O4Si. The van der Waals surface area contributed by atoms with E-state index in [-0.39, 0.29) is 17.1 Å². The summed E-state index contributed by atoms with van der Waals surface area (Å²) in [5.74, 6) is -1.87. The summed E-state index contributed by atoms with van der Waals surface area (Å²) in [6.07, 6.45) is 5.49. The highest BCUT2D eigenvalue weighted by atomic mass is 28.3. The van der Waals surface area contributed by atoms with Crippen molar-refractivity contribution in [1.82, 2.24) is 0 Å². The second-order valence-corrected chi connectivity index (χ2v) is 13.2. The van der Waals surface area contributed by atoms with Crippen molar-refractivity contribution in [1.29, 1.82) is 0 Å². The fourth-order valence-electron chi connectivity index (χ4n) is 2.75. The fraction of sp³-hybridized carbons (Fsp3) is 0.778. The fourth-order valence-corrected chi connectivity index (χ4v) is 3.99. The Morgan fingerprint density at radius 1 is 0.957 bits per heavy atom. The lowest BCUT2D eigenvalue weighted by Gasteiger charge is -2.18. The van der Waals surface area contributed by atoms with Gasteiger partial charge in [-0.3, -0.25) is 0 Å². The average Bonchev–Trinajstić information content (AvgIpc) is 2.43. The van der Waals surface area contributed by atoms with Crippen molar-refractivity contribution in [3.63, 3.8) is 0 Å². The molecule has 0 aromatic carbocycles. The molecule has 0 radical (unpaired) electrons. The Hall–Kier alpha value is -1.10. The molecule has 0 saturated carbocycles. The zero-order chi connectivity index (χ0) is 18.0. The highest BCUT2D eigenvalue weighted by Crippen LogP contribution is 2.26. The molecule has 23 heavy (non-hydrogen) atoms. The van der Waals surface area contributed by atoms with Crippen LogP contribution in [0.15, 0.2) is 11.1 Å².